The van der Waals surface area contributed by atoms with E-state index in [1.165, 1.54) is 18.3 Å². The summed E-state index contributed by atoms with van der Waals surface area (Å²) < 4.78 is 4.73. The van der Waals surface area contributed by atoms with Crippen molar-refractivity contribution >= 4 is 40.4 Å². The van der Waals surface area contributed by atoms with Crippen molar-refractivity contribution in [2.24, 2.45) is 0 Å². The second-order valence-electron chi connectivity index (χ2n) is 1.53. The molecule has 0 spiro atoms. The van der Waals surface area contributed by atoms with E-state index in [0.29, 0.717) is 5.06 Å². The summed E-state index contributed by atoms with van der Waals surface area (Å²) in [5, 5.41) is 2.51. The van der Waals surface area contributed by atoms with Crippen LogP contribution >= 0.6 is 11.3 Å². The smallest absolute Gasteiger partial charge is 1.00 e. The van der Waals surface area contributed by atoms with Gasteiger partial charge in [-0.15, -0.1) is 11.3 Å². The predicted octanol–water partition coefficient (Wildman–Crippen LogP) is 1.52. The third kappa shape index (κ3) is 3.19. The maximum absolute atomic E-state index is 10.3. The van der Waals surface area contributed by atoms with Crippen molar-refractivity contribution in [3.63, 3.8) is 0 Å². The van der Waals surface area contributed by atoms with E-state index in [1.807, 2.05) is 11.4 Å². The number of hydrogen-bond acceptors (Lipinski definition) is 3. The predicted molar refractivity (Wildman–Crippen MR) is 43.6 cm³/mol. The normalized spacial score (nSPS) is 8.10. The molecule has 0 aliphatic heterocycles. The molecule has 0 bridgehead atoms. The Labute approximate surface area is 82.3 Å². The van der Waals surface area contributed by atoms with Crippen molar-refractivity contribution in [3.8, 4) is 5.06 Å². The molecule has 0 aromatic carbocycles. The molecule has 1 aromatic heterocycles. The maximum atomic E-state index is 10.3. The molecule has 1 aromatic rings. The van der Waals surface area contributed by atoms with E-state index in [1.54, 1.807) is 6.07 Å². The maximum Gasteiger partial charge on any atom is 2.00 e. The van der Waals surface area contributed by atoms with Crippen LogP contribution < -0.4 is 4.74 Å². The van der Waals surface area contributed by atoms with Crippen LogP contribution in [0.5, 0.6) is 5.06 Å². The zero-order valence-electron chi connectivity index (χ0n) is 7.66. The third-order valence-corrected chi connectivity index (χ3v) is 1.48. The van der Waals surface area contributed by atoms with Gasteiger partial charge in [0.15, 0.2) is 5.06 Å². The largest absolute Gasteiger partial charge is 2.00 e. The zero-order valence-corrected chi connectivity index (χ0v) is 7.89. The Morgan fingerprint density at radius 3 is 2.90 bits per heavy atom. The SMILES string of the molecule is CC(=O)Oc1cccs1.[H-].[H-].[Mg+2]. The molecule has 1 heterocycles. The molecule has 1 rings (SSSR count). The molecule has 0 fully saturated rings. The Morgan fingerprint density at radius 1 is 1.80 bits per heavy atom. The number of esters is 1. The van der Waals surface area contributed by atoms with Crippen LogP contribution in [0.25, 0.3) is 0 Å². The second kappa shape index (κ2) is 4.71. The van der Waals surface area contributed by atoms with Gasteiger partial charge < -0.3 is 7.59 Å². The number of rotatable bonds is 1. The van der Waals surface area contributed by atoms with E-state index in [9.17, 15) is 4.79 Å². The van der Waals surface area contributed by atoms with Crippen LogP contribution in [0.4, 0.5) is 0 Å². The summed E-state index contributed by atoms with van der Waals surface area (Å²) in [6, 6.07) is 3.59. The monoisotopic (exact) mass is 168 g/mol. The average molecular weight is 168 g/mol. The first-order valence-electron chi connectivity index (χ1n) is 2.51. The molecule has 0 unspecified atom stereocenters. The fourth-order valence-corrected chi connectivity index (χ4v) is 1.08. The summed E-state index contributed by atoms with van der Waals surface area (Å²) in [4.78, 5) is 10.3. The van der Waals surface area contributed by atoms with Crippen molar-refractivity contribution in [1.29, 1.82) is 0 Å². The Kier molecular flexibility index (Phi) is 4.68. The Morgan fingerprint density at radius 2 is 2.50 bits per heavy atom. The van der Waals surface area contributed by atoms with Gasteiger partial charge in [-0.3, -0.25) is 4.79 Å². The molecule has 0 N–H and O–H groups in total. The summed E-state index contributed by atoms with van der Waals surface area (Å²) in [6.07, 6.45) is 0. The van der Waals surface area contributed by atoms with Crippen LogP contribution in [0.2, 0.25) is 0 Å². The van der Waals surface area contributed by atoms with E-state index >= 15 is 0 Å². The molecule has 0 aliphatic rings. The molecular weight excluding hydrogens is 160 g/mol. The first kappa shape index (κ1) is 9.94. The van der Waals surface area contributed by atoms with Gasteiger partial charge >= 0.3 is 29.0 Å². The number of thiophene rings is 1. The van der Waals surface area contributed by atoms with Crippen LogP contribution in [-0.2, 0) is 4.79 Å². The van der Waals surface area contributed by atoms with E-state index in [0.717, 1.165) is 0 Å². The van der Waals surface area contributed by atoms with E-state index in [4.69, 9.17) is 4.74 Å². The Balaban J connectivity index is -0.000000270. The van der Waals surface area contributed by atoms with Crippen LogP contribution in [0.1, 0.15) is 9.78 Å². The Hall–Kier alpha value is -0.0638. The van der Waals surface area contributed by atoms with Gasteiger partial charge in [-0.1, -0.05) is 0 Å². The van der Waals surface area contributed by atoms with Gasteiger partial charge in [0.05, 0.1) is 0 Å². The molecular formula is C6H8MgO2S. The van der Waals surface area contributed by atoms with Gasteiger partial charge in [-0.2, -0.15) is 0 Å². The van der Waals surface area contributed by atoms with Gasteiger partial charge in [0, 0.05) is 6.92 Å². The molecule has 0 atom stereocenters. The van der Waals surface area contributed by atoms with Crippen LogP contribution in [0.15, 0.2) is 17.5 Å². The average Bonchev–Trinajstić information content (AvgIpc) is 2.15. The number of ether oxygens (including phenoxy) is 1. The molecule has 10 heavy (non-hydrogen) atoms. The minimum absolute atomic E-state index is 0. The molecule has 0 aliphatic carbocycles. The van der Waals surface area contributed by atoms with E-state index in [-0.39, 0.29) is 31.9 Å². The molecule has 0 saturated carbocycles. The van der Waals surface area contributed by atoms with Crippen LogP contribution in [0, 0.1) is 0 Å². The minimum atomic E-state index is -0.266. The van der Waals surface area contributed by atoms with Crippen LogP contribution in [-0.4, -0.2) is 29.0 Å². The number of carbonyl (C=O) groups excluding carboxylic acids is 1. The summed E-state index contributed by atoms with van der Waals surface area (Å²) in [6.45, 7) is 1.39. The van der Waals surface area contributed by atoms with Crippen molar-refractivity contribution < 1.29 is 12.4 Å². The second-order valence-corrected chi connectivity index (χ2v) is 2.44. The minimum Gasteiger partial charge on any atom is -1.00 e. The zero-order chi connectivity index (χ0) is 6.69. The molecule has 0 radical (unpaired) electrons. The van der Waals surface area contributed by atoms with Gasteiger partial charge in [0.25, 0.3) is 0 Å². The van der Waals surface area contributed by atoms with Gasteiger partial charge in [0.1, 0.15) is 0 Å². The van der Waals surface area contributed by atoms with Gasteiger partial charge in [-0.05, 0) is 17.5 Å². The first-order valence-corrected chi connectivity index (χ1v) is 3.39. The van der Waals surface area contributed by atoms with Gasteiger partial charge in [-0.25, -0.2) is 0 Å². The first-order chi connectivity index (χ1) is 4.29. The van der Waals surface area contributed by atoms with Crippen molar-refractivity contribution in [2.75, 3.05) is 0 Å². The molecule has 4 heteroatoms. The van der Waals surface area contributed by atoms with E-state index < -0.39 is 0 Å². The van der Waals surface area contributed by atoms with Crippen molar-refractivity contribution in [3.05, 3.63) is 17.5 Å². The summed E-state index contributed by atoms with van der Waals surface area (Å²) in [7, 11) is 0. The molecule has 52 valence electrons. The summed E-state index contributed by atoms with van der Waals surface area (Å²) in [5.41, 5.74) is 0. The molecule has 0 amide bonds. The Bertz CT molecular complexity index is 203. The van der Waals surface area contributed by atoms with Gasteiger partial charge in [0.2, 0.25) is 0 Å². The van der Waals surface area contributed by atoms with Crippen molar-refractivity contribution in [2.45, 2.75) is 6.92 Å². The third-order valence-electron chi connectivity index (χ3n) is 0.739. The van der Waals surface area contributed by atoms with Crippen molar-refractivity contribution in [1.82, 2.24) is 0 Å². The number of carbonyl (C=O) groups is 1. The van der Waals surface area contributed by atoms with E-state index in [2.05, 4.69) is 0 Å². The molecule has 2 nitrogen and oxygen atoms in total. The fourth-order valence-electron chi connectivity index (χ4n) is 0.463. The van der Waals surface area contributed by atoms with Crippen LogP contribution in [0.3, 0.4) is 0 Å². The topological polar surface area (TPSA) is 26.3 Å². The number of hydrogen-bond donors (Lipinski definition) is 0. The summed E-state index contributed by atoms with van der Waals surface area (Å²) >= 11 is 1.41. The molecule has 0 saturated heterocycles. The fraction of sp³-hybridized carbons (Fsp3) is 0.167. The summed E-state index contributed by atoms with van der Waals surface area (Å²) in [5.74, 6) is -0.266. The quantitative estimate of drug-likeness (QED) is 0.469. The standard InChI is InChI=1S/C6H6O2S.Mg.2H/c1-5(7)8-6-3-2-4-9-6;;;/h2-4H,1H3;;;/q;+2;2*-1.